The Morgan fingerprint density at radius 1 is 1.12 bits per heavy atom. The molecule has 0 saturated carbocycles. The van der Waals surface area contributed by atoms with Gasteiger partial charge < -0.3 is 15.4 Å². The number of methoxy groups -OCH3 is 1. The Kier molecular flexibility index (Phi) is 7.36. The standard InChI is InChI=1S/C19H21ClN2O3S/c1-12-14(20)7-6-9-15(12)22-19(24)13(2)26-11-18(23)21-16-8-4-5-10-17(16)25-3/h4-10,13H,11H2,1-3H3,(H,21,23)(H,22,24). The Hall–Kier alpha value is -2.18. The van der Waals surface area contributed by atoms with Crippen molar-refractivity contribution in [3.63, 3.8) is 0 Å². The number of rotatable bonds is 7. The SMILES string of the molecule is COc1ccccc1NC(=O)CSC(C)C(=O)Nc1cccc(Cl)c1C. The largest absolute Gasteiger partial charge is 0.495 e. The van der Waals surface area contributed by atoms with E-state index < -0.39 is 5.25 Å². The average Bonchev–Trinajstić information content (AvgIpc) is 2.63. The summed E-state index contributed by atoms with van der Waals surface area (Å²) in [5, 5.41) is 5.84. The van der Waals surface area contributed by atoms with Crippen LogP contribution >= 0.6 is 23.4 Å². The number of halogens is 1. The first-order valence-electron chi connectivity index (χ1n) is 8.02. The molecule has 0 aromatic heterocycles. The molecule has 7 heteroatoms. The Bertz CT molecular complexity index is 798. The lowest BCUT2D eigenvalue weighted by Crippen LogP contribution is -2.25. The van der Waals surface area contributed by atoms with Crippen LogP contribution in [-0.2, 0) is 9.59 Å². The van der Waals surface area contributed by atoms with E-state index in [0.717, 1.165) is 5.56 Å². The number of hydrogen-bond acceptors (Lipinski definition) is 4. The van der Waals surface area contributed by atoms with Gasteiger partial charge in [-0.05, 0) is 43.7 Å². The van der Waals surface area contributed by atoms with Crippen molar-refractivity contribution in [3.05, 3.63) is 53.1 Å². The van der Waals surface area contributed by atoms with E-state index in [1.165, 1.54) is 11.8 Å². The fourth-order valence-electron chi connectivity index (χ4n) is 2.19. The van der Waals surface area contributed by atoms with Crippen LogP contribution in [0, 0.1) is 6.92 Å². The summed E-state index contributed by atoms with van der Waals surface area (Å²) in [6, 6.07) is 12.5. The first kappa shape index (κ1) is 20.1. The number of benzene rings is 2. The highest BCUT2D eigenvalue weighted by atomic mass is 35.5. The molecule has 0 spiro atoms. The summed E-state index contributed by atoms with van der Waals surface area (Å²) < 4.78 is 5.20. The maximum absolute atomic E-state index is 12.3. The van der Waals surface area contributed by atoms with E-state index in [1.54, 1.807) is 44.4 Å². The molecule has 0 heterocycles. The molecule has 2 aromatic rings. The molecule has 0 bridgehead atoms. The van der Waals surface area contributed by atoms with E-state index >= 15 is 0 Å². The van der Waals surface area contributed by atoms with Crippen LogP contribution in [0.4, 0.5) is 11.4 Å². The Labute approximate surface area is 162 Å². The van der Waals surface area contributed by atoms with Crippen LogP contribution in [0.2, 0.25) is 5.02 Å². The molecule has 2 rings (SSSR count). The molecule has 5 nitrogen and oxygen atoms in total. The van der Waals surface area contributed by atoms with Gasteiger partial charge in [0.15, 0.2) is 0 Å². The second-order valence-electron chi connectivity index (χ2n) is 5.60. The Morgan fingerprint density at radius 2 is 1.81 bits per heavy atom. The van der Waals surface area contributed by atoms with Crippen LogP contribution in [0.5, 0.6) is 5.75 Å². The minimum absolute atomic E-state index is 0.154. The van der Waals surface area contributed by atoms with Gasteiger partial charge in [-0.2, -0.15) is 0 Å². The van der Waals surface area contributed by atoms with Crippen molar-refractivity contribution >= 4 is 46.6 Å². The van der Waals surface area contributed by atoms with E-state index in [1.807, 2.05) is 19.1 Å². The highest BCUT2D eigenvalue weighted by molar-refractivity contribution is 8.01. The number of amides is 2. The molecule has 0 aliphatic heterocycles. The Balaban J connectivity index is 1.87. The van der Waals surface area contributed by atoms with Gasteiger partial charge in [0.2, 0.25) is 11.8 Å². The van der Waals surface area contributed by atoms with E-state index in [2.05, 4.69) is 10.6 Å². The number of ether oxygens (including phenoxy) is 1. The highest BCUT2D eigenvalue weighted by Gasteiger charge is 2.17. The molecule has 2 N–H and O–H groups in total. The van der Waals surface area contributed by atoms with E-state index in [0.29, 0.717) is 22.1 Å². The Morgan fingerprint density at radius 3 is 2.54 bits per heavy atom. The third-order valence-corrected chi connectivity index (χ3v) is 5.29. The molecular formula is C19H21ClN2O3S. The summed E-state index contributed by atoms with van der Waals surface area (Å²) in [5.41, 5.74) is 2.09. The lowest BCUT2D eigenvalue weighted by molar-refractivity contribution is -0.115. The van der Waals surface area contributed by atoms with Crippen molar-refractivity contribution < 1.29 is 14.3 Å². The van der Waals surface area contributed by atoms with Gasteiger partial charge in [0, 0.05) is 10.7 Å². The van der Waals surface area contributed by atoms with Gasteiger partial charge in [-0.25, -0.2) is 0 Å². The number of carbonyl (C=O) groups is 2. The van der Waals surface area contributed by atoms with Gasteiger partial charge in [0.25, 0.3) is 0 Å². The summed E-state index contributed by atoms with van der Waals surface area (Å²) in [6.07, 6.45) is 0. The lowest BCUT2D eigenvalue weighted by Gasteiger charge is -2.14. The van der Waals surface area contributed by atoms with Crippen LogP contribution in [0.25, 0.3) is 0 Å². The molecule has 1 atom stereocenters. The first-order valence-corrected chi connectivity index (χ1v) is 9.45. The minimum atomic E-state index is -0.392. The van der Waals surface area contributed by atoms with Gasteiger partial charge in [-0.15, -0.1) is 11.8 Å². The van der Waals surface area contributed by atoms with E-state index in [-0.39, 0.29) is 17.6 Å². The summed E-state index contributed by atoms with van der Waals surface area (Å²) in [6.45, 7) is 3.60. The minimum Gasteiger partial charge on any atom is -0.495 e. The third-order valence-electron chi connectivity index (χ3n) is 3.74. The van der Waals surface area contributed by atoms with Gasteiger partial charge >= 0.3 is 0 Å². The smallest absolute Gasteiger partial charge is 0.237 e. The number of anilines is 2. The van der Waals surface area contributed by atoms with Crippen molar-refractivity contribution in [2.75, 3.05) is 23.5 Å². The second-order valence-corrected chi connectivity index (χ2v) is 7.34. The molecule has 0 aliphatic rings. The summed E-state index contributed by atoms with van der Waals surface area (Å²) in [7, 11) is 1.55. The predicted molar refractivity (Wildman–Crippen MR) is 108 cm³/mol. The molecule has 0 radical (unpaired) electrons. The van der Waals surface area contributed by atoms with Gasteiger partial charge in [0.1, 0.15) is 5.75 Å². The normalized spacial score (nSPS) is 11.5. The zero-order chi connectivity index (χ0) is 19.1. The van der Waals surface area contributed by atoms with Crippen LogP contribution < -0.4 is 15.4 Å². The van der Waals surface area contributed by atoms with Crippen LogP contribution in [0.3, 0.4) is 0 Å². The molecule has 0 saturated heterocycles. The molecule has 26 heavy (non-hydrogen) atoms. The van der Waals surface area contributed by atoms with Crippen molar-refractivity contribution in [1.82, 2.24) is 0 Å². The molecule has 1 unspecified atom stereocenters. The van der Waals surface area contributed by atoms with Crippen LogP contribution in [-0.4, -0.2) is 29.9 Å². The van der Waals surface area contributed by atoms with Gasteiger partial charge in [0.05, 0.1) is 23.8 Å². The molecular weight excluding hydrogens is 372 g/mol. The van der Waals surface area contributed by atoms with E-state index in [9.17, 15) is 9.59 Å². The highest BCUT2D eigenvalue weighted by Crippen LogP contribution is 2.25. The summed E-state index contributed by atoms with van der Waals surface area (Å²) >= 11 is 7.32. The molecule has 2 amide bonds. The molecule has 138 valence electrons. The predicted octanol–water partition coefficient (Wildman–Crippen LogP) is 4.36. The van der Waals surface area contributed by atoms with Crippen LogP contribution in [0.1, 0.15) is 12.5 Å². The number of nitrogens with one attached hydrogen (secondary N) is 2. The van der Waals surface area contributed by atoms with Crippen molar-refractivity contribution in [2.45, 2.75) is 19.1 Å². The quantitative estimate of drug-likeness (QED) is 0.734. The summed E-state index contributed by atoms with van der Waals surface area (Å²) in [5.74, 6) is 0.373. The zero-order valence-corrected chi connectivity index (χ0v) is 16.4. The number of hydrogen-bond donors (Lipinski definition) is 2. The number of carbonyl (C=O) groups excluding carboxylic acids is 2. The number of thioether (sulfide) groups is 1. The van der Waals surface area contributed by atoms with Crippen molar-refractivity contribution in [1.29, 1.82) is 0 Å². The van der Waals surface area contributed by atoms with Crippen LogP contribution in [0.15, 0.2) is 42.5 Å². The maximum atomic E-state index is 12.3. The molecule has 0 aliphatic carbocycles. The first-order chi connectivity index (χ1) is 12.4. The van der Waals surface area contributed by atoms with Crippen molar-refractivity contribution in [2.24, 2.45) is 0 Å². The number of para-hydroxylation sites is 2. The summed E-state index contributed by atoms with van der Waals surface area (Å²) in [4.78, 5) is 24.4. The lowest BCUT2D eigenvalue weighted by atomic mass is 10.2. The van der Waals surface area contributed by atoms with E-state index in [4.69, 9.17) is 16.3 Å². The van der Waals surface area contributed by atoms with Gasteiger partial charge in [-0.1, -0.05) is 29.8 Å². The molecule has 0 fully saturated rings. The maximum Gasteiger partial charge on any atom is 0.237 e. The van der Waals surface area contributed by atoms with Crippen molar-refractivity contribution in [3.8, 4) is 5.75 Å². The topological polar surface area (TPSA) is 67.4 Å². The fraction of sp³-hybridized carbons (Fsp3) is 0.263. The van der Waals surface area contributed by atoms with Gasteiger partial charge in [-0.3, -0.25) is 9.59 Å². The average molecular weight is 393 g/mol. The second kappa shape index (κ2) is 9.50. The monoisotopic (exact) mass is 392 g/mol. The fourth-order valence-corrected chi connectivity index (χ4v) is 3.05. The third kappa shape index (κ3) is 5.41. The molecule has 2 aromatic carbocycles. The zero-order valence-electron chi connectivity index (χ0n) is 14.8.